The molecule has 0 aliphatic rings. The fourth-order valence-corrected chi connectivity index (χ4v) is 10.6. The molecule has 6 nitrogen and oxygen atoms in total. The minimum Gasteiger partial charge on any atom is -0.462 e. The van der Waals surface area contributed by atoms with Crippen molar-refractivity contribution in [3.8, 4) is 0 Å². The first-order valence-corrected chi connectivity index (χ1v) is 35.0. The first kappa shape index (κ1) is 75.6. The summed E-state index contributed by atoms with van der Waals surface area (Å²) in [4.78, 5) is 38.2. The van der Waals surface area contributed by atoms with Gasteiger partial charge >= 0.3 is 17.9 Å². The number of hydrogen-bond acceptors (Lipinski definition) is 6. The Morgan fingerprint density at radius 1 is 0.256 bits per heavy atom. The van der Waals surface area contributed by atoms with Crippen LogP contribution < -0.4 is 0 Å². The van der Waals surface area contributed by atoms with E-state index in [1.165, 1.54) is 270 Å². The lowest BCUT2D eigenvalue weighted by atomic mass is 10.0. The van der Waals surface area contributed by atoms with Gasteiger partial charge in [0, 0.05) is 19.3 Å². The van der Waals surface area contributed by atoms with E-state index in [0.717, 1.165) is 77.0 Å². The monoisotopic (exact) mass is 1100 g/mol. The van der Waals surface area contributed by atoms with Crippen LogP contribution >= 0.6 is 0 Å². The molecule has 1 unspecified atom stereocenters. The van der Waals surface area contributed by atoms with Crippen LogP contribution in [0.4, 0.5) is 0 Å². The maximum absolute atomic E-state index is 12.9. The van der Waals surface area contributed by atoms with E-state index in [1.54, 1.807) is 0 Å². The van der Waals surface area contributed by atoms with Gasteiger partial charge in [0.2, 0.25) is 0 Å². The molecule has 0 aromatic heterocycles. The summed E-state index contributed by atoms with van der Waals surface area (Å²) in [5, 5.41) is 0. The fourth-order valence-electron chi connectivity index (χ4n) is 10.6. The molecule has 0 aromatic rings. The van der Waals surface area contributed by atoms with Crippen molar-refractivity contribution in [2.45, 2.75) is 393 Å². The maximum atomic E-state index is 12.9. The van der Waals surface area contributed by atoms with Crippen molar-refractivity contribution in [1.82, 2.24) is 0 Å². The lowest BCUT2D eigenvalue weighted by molar-refractivity contribution is -0.167. The topological polar surface area (TPSA) is 78.9 Å². The van der Waals surface area contributed by atoms with Crippen molar-refractivity contribution in [3.05, 3.63) is 36.5 Å². The molecule has 0 bridgehead atoms. The van der Waals surface area contributed by atoms with Crippen LogP contribution in [0.25, 0.3) is 0 Å². The summed E-state index contributed by atoms with van der Waals surface area (Å²) >= 11 is 0. The molecule has 0 saturated carbocycles. The second kappa shape index (κ2) is 67.1. The maximum Gasteiger partial charge on any atom is 0.306 e. The van der Waals surface area contributed by atoms with Crippen molar-refractivity contribution in [3.63, 3.8) is 0 Å². The minimum absolute atomic E-state index is 0.0726. The largest absolute Gasteiger partial charge is 0.462 e. The van der Waals surface area contributed by atoms with Gasteiger partial charge in [-0.15, -0.1) is 0 Å². The molecule has 78 heavy (non-hydrogen) atoms. The summed E-state index contributed by atoms with van der Waals surface area (Å²) in [6, 6.07) is 0. The SMILES string of the molecule is CCCCC/C=C\C/C=C\C/C=C\CCCCCCCCC(=O)OC(COC(=O)CCCCCCCCCCC)COC(=O)CCCCCCCCCCCCCCCCCCCCCCCCCCCCCCCCCC. The number of esters is 3. The summed E-state index contributed by atoms with van der Waals surface area (Å²) in [6.45, 7) is 6.64. The van der Waals surface area contributed by atoms with Crippen LogP contribution in [0.1, 0.15) is 387 Å². The molecule has 0 saturated heterocycles. The number of carbonyl (C=O) groups excluding carboxylic acids is 3. The van der Waals surface area contributed by atoms with E-state index >= 15 is 0 Å². The van der Waals surface area contributed by atoms with Crippen molar-refractivity contribution in [1.29, 1.82) is 0 Å². The third-order valence-electron chi connectivity index (χ3n) is 15.9. The first-order chi connectivity index (χ1) is 38.5. The number of allylic oxidation sites excluding steroid dienone is 6. The Morgan fingerprint density at radius 2 is 0.462 bits per heavy atom. The van der Waals surface area contributed by atoms with E-state index in [9.17, 15) is 14.4 Å². The van der Waals surface area contributed by atoms with E-state index in [0.29, 0.717) is 19.3 Å². The zero-order valence-electron chi connectivity index (χ0n) is 52.7. The molecular formula is C72H134O6. The van der Waals surface area contributed by atoms with Crippen LogP contribution in [-0.4, -0.2) is 37.2 Å². The fraction of sp³-hybridized carbons (Fsp3) is 0.875. The molecule has 6 heteroatoms. The van der Waals surface area contributed by atoms with Crippen LogP contribution in [0.5, 0.6) is 0 Å². The number of carbonyl (C=O) groups is 3. The van der Waals surface area contributed by atoms with Gasteiger partial charge in [0.25, 0.3) is 0 Å². The number of rotatable bonds is 65. The highest BCUT2D eigenvalue weighted by Crippen LogP contribution is 2.19. The van der Waals surface area contributed by atoms with Gasteiger partial charge in [-0.1, -0.05) is 346 Å². The minimum atomic E-state index is -0.776. The molecule has 0 heterocycles. The van der Waals surface area contributed by atoms with Crippen molar-refractivity contribution in [2.24, 2.45) is 0 Å². The molecule has 0 rings (SSSR count). The second-order valence-electron chi connectivity index (χ2n) is 23.8. The summed E-state index contributed by atoms with van der Waals surface area (Å²) in [6.07, 6.45) is 83.4. The molecule has 0 spiro atoms. The smallest absolute Gasteiger partial charge is 0.306 e. The standard InChI is InChI=1S/C72H134O6/c1-4-7-10-13-16-19-21-23-25-27-29-30-31-32-33-34-35-36-37-38-39-40-41-43-44-46-48-50-53-56-59-62-65-71(74)77-68-69(67-76-70(73)64-61-58-55-52-18-15-12-9-6-3)78-72(75)66-63-60-57-54-51-49-47-45-42-28-26-24-22-20-17-14-11-8-5-2/h17,20,24,26,42,45,69H,4-16,18-19,21-23,25,27-41,43-44,46-68H2,1-3H3/b20-17-,26-24-,45-42-. The van der Waals surface area contributed by atoms with Gasteiger partial charge in [-0.3, -0.25) is 14.4 Å². The van der Waals surface area contributed by atoms with E-state index in [2.05, 4.69) is 57.2 Å². The van der Waals surface area contributed by atoms with Crippen molar-refractivity contribution in [2.75, 3.05) is 13.2 Å². The highest BCUT2D eigenvalue weighted by Gasteiger charge is 2.19. The van der Waals surface area contributed by atoms with Crippen molar-refractivity contribution >= 4 is 17.9 Å². The van der Waals surface area contributed by atoms with Crippen LogP contribution in [0.15, 0.2) is 36.5 Å². The zero-order valence-corrected chi connectivity index (χ0v) is 52.7. The molecule has 0 aliphatic heterocycles. The second-order valence-corrected chi connectivity index (χ2v) is 23.8. The van der Waals surface area contributed by atoms with Gasteiger partial charge in [0.05, 0.1) is 0 Å². The predicted molar refractivity (Wildman–Crippen MR) is 339 cm³/mol. The van der Waals surface area contributed by atoms with E-state index < -0.39 is 6.10 Å². The van der Waals surface area contributed by atoms with Gasteiger partial charge in [-0.05, 0) is 57.8 Å². The number of hydrogen-bond donors (Lipinski definition) is 0. The summed E-state index contributed by atoms with van der Waals surface area (Å²) in [5.41, 5.74) is 0. The molecule has 1 atom stereocenters. The Hall–Kier alpha value is -2.37. The van der Waals surface area contributed by atoms with Gasteiger partial charge in [-0.25, -0.2) is 0 Å². The average molecular weight is 1100 g/mol. The Balaban J connectivity index is 4.05. The predicted octanol–water partition coefficient (Wildman–Crippen LogP) is 23.9. The summed E-state index contributed by atoms with van der Waals surface area (Å²) < 4.78 is 16.9. The summed E-state index contributed by atoms with van der Waals surface area (Å²) in [7, 11) is 0. The van der Waals surface area contributed by atoms with Gasteiger partial charge in [-0.2, -0.15) is 0 Å². The number of ether oxygens (including phenoxy) is 3. The summed E-state index contributed by atoms with van der Waals surface area (Å²) in [5.74, 6) is -0.864. The molecule has 458 valence electrons. The third-order valence-corrected chi connectivity index (χ3v) is 15.9. The molecule has 0 amide bonds. The molecule has 0 N–H and O–H groups in total. The highest BCUT2D eigenvalue weighted by atomic mass is 16.6. The lowest BCUT2D eigenvalue weighted by Gasteiger charge is -2.18. The van der Waals surface area contributed by atoms with Crippen LogP contribution in [0.2, 0.25) is 0 Å². The molecule has 0 aliphatic carbocycles. The van der Waals surface area contributed by atoms with Crippen LogP contribution in [0, 0.1) is 0 Å². The first-order valence-electron chi connectivity index (χ1n) is 35.0. The molecule has 0 aromatic carbocycles. The Morgan fingerprint density at radius 3 is 0.744 bits per heavy atom. The van der Waals surface area contributed by atoms with Gasteiger partial charge < -0.3 is 14.2 Å². The molecule has 0 radical (unpaired) electrons. The average Bonchev–Trinajstić information content (AvgIpc) is 3.44. The van der Waals surface area contributed by atoms with Gasteiger partial charge in [0.15, 0.2) is 6.10 Å². The van der Waals surface area contributed by atoms with E-state index in [4.69, 9.17) is 14.2 Å². The quantitative estimate of drug-likeness (QED) is 0.0261. The zero-order chi connectivity index (χ0) is 56.4. The molecule has 0 fully saturated rings. The Bertz CT molecular complexity index is 1300. The Labute approximate surface area is 486 Å². The van der Waals surface area contributed by atoms with Crippen LogP contribution in [-0.2, 0) is 28.6 Å². The van der Waals surface area contributed by atoms with Gasteiger partial charge in [0.1, 0.15) is 13.2 Å². The van der Waals surface area contributed by atoms with Crippen LogP contribution in [0.3, 0.4) is 0 Å². The third kappa shape index (κ3) is 64.5. The lowest BCUT2D eigenvalue weighted by Crippen LogP contribution is -2.30. The molecular weight excluding hydrogens is 961 g/mol. The van der Waals surface area contributed by atoms with Crippen molar-refractivity contribution < 1.29 is 28.6 Å². The Kier molecular flexibility index (Phi) is 65.1. The normalized spacial score (nSPS) is 12.2. The van der Waals surface area contributed by atoms with E-state index in [1.807, 2.05) is 0 Å². The number of unbranched alkanes of at least 4 members (excludes halogenated alkanes) is 48. The van der Waals surface area contributed by atoms with E-state index in [-0.39, 0.29) is 31.1 Å². The highest BCUT2D eigenvalue weighted by molar-refractivity contribution is 5.71.